The van der Waals surface area contributed by atoms with Crippen molar-refractivity contribution in [1.82, 2.24) is 10.2 Å². The van der Waals surface area contributed by atoms with Crippen molar-refractivity contribution in [1.29, 1.82) is 0 Å². The first-order valence-electron chi connectivity index (χ1n) is 7.24. The van der Waals surface area contributed by atoms with Crippen LogP contribution in [0, 0.1) is 5.92 Å². The SMILES string of the molecule is CC(C)(C)OC(=O)N1CCC(CN/C(=C\N)C(F)(F)F)CC1. The summed E-state index contributed by atoms with van der Waals surface area (Å²) >= 11 is 0. The summed E-state index contributed by atoms with van der Waals surface area (Å²) in [5.74, 6) is 0.0657. The molecule has 1 aliphatic rings. The zero-order valence-electron chi connectivity index (χ0n) is 13.2. The van der Waals surface area contributed by atoms with Gasteiger partial charge in [0.2, 0.25) is 0 Å². The molecule has 1 amide bonds. The van der Waals surface area contributed by atoms with Gasteiger partial charge in [-0.15, -0.1) is 0 Å². The molecular formula is C14H24F3N3O2. The number of hydrogen-bond donors (Lipinski definition) is 2. The first-order valence-corrected chi connectivity index (χ1v) is 7.24. The highest BCUT2D eigenvalue weighted by molar-refractivity contribution is 5.68. The Morgan fingerprint density at radius 1 is 1.32 bits per heavy atom. The van der Waals surface area contributed by atoms with Crippen molar-refractivity contribution in [2.24, 2.45) is 11.7 Å². The van der Waals surface area contributed by atoms with Gasteiger partial charge in [0, 0.05) is 25.8 Å². The lowest BCUT2D eigenvalue weighted by molar-refractivity contribution is -0.0972. The number of likely N-dealkylation sites (tertiary alicyclic amines) is 1. The second-order valence-electron chi connectivity index (χ2n) is 6.37. The van der Waals surface area contributed by atoms with Crippen LogP contribution in [-0.4, -0.2) is 42.4 Å². The second-order valence-corrected chi connectivity index (χ2v) is 6.37. The van der Waals surface area contributed by atoms with Crippen molar-refractivity contribution in [3.63, 3.8) is 0 Å². The third-order valence-electron chi connectivity index (χ3n) is 3.32. The van der Waals surface area contributed by atoms with E-state index in [9.17, 15) is 18.0 Å². The number of nitrogens with two attached hydrogens (primary N) is 1. The van der Waals surface area contributed by atoms with Gasteiger partial charge in [-0.3, -0.25) is 0 Å². The minimum Gasteiger partial charge on any atom is -0.444 e. The number of piperidine rings is 1. The average molecular weight is 323 g/mol. The molecule has 8 heteroatoms. The molecule has 0 unspecified atom stereocenters. The van der Waals surface area contributed by atoms with Crippen LogP contribution in [0.1, 0.15) is 33.6 Å². The quantitative estimate of drug-likeness (QED) is 0.838. The standard InChI is InChI=1S/C14H24F3N3O2/c1-13(2,3)22-12(21)20-6-4-10(5-7-20)9-19-11(8-18)14(15,16)17/h8,10,19H,4-7,9,18H2,1-3H3/b11-8-. The van der Waals surface area contributed by atoms with Gasteiger partial charge in [0.25, 0.3) is 0 Å². The molecule has 1 heterocycles. The van der Waals surface area contributed by atoms with Gasteiger partial charge in [0.05, 0.1) is 0 Å². The second kappa shape index (κ2) is 7.11. The molecule has 1 aliphatic heterocycles. The molecule has 5 nitrogen and oxygen atoms in total. The van der Waals surface area contributed by atoms with E-state index in [0.717, 1.165) is 0 Å². The Morgan fingerprint density at radius 3 is 2.27 bits per heavy atom. The number of ether oxygens (including phenoxy) is 1. The van der Waals surface area contributed by atoms with Crippen LogP contribution in [0.3, 0.4) is 0 Å². The predicted octanol–water partition coefficient (Wildman–Crippen LogP) is 2.59. The number of rotatable bonds is 3. The summed E-state index contributed by atoms with van der Waals surface area (Å²) in [5, 5.41) is 2.34. The average Bonchev–Trinajstić information content (AvgIpc) is 2.36. The largest absolute Gasteiger partial charge is 0.444 e. The van der Waals surface area contributed by atoms with Crippen molar-refractivity contribution in [2.75, 3.05) is 19.6 Å². The van der Waals surface area contributed by atoms with Crippen LogP contribution in [0.2, 0.25) is 0 Å². The molecule has 0 bridgehead atoms. The monoisotopic (exact) mass is 323 g/mol. The van der Waals surface area contributed by atoms with Crippen molar-refractivity contribution in [3.05, 3.63) is 11.9 Å². The van der Waals surface area contributed by atoms with Gasteiger partial charge in [0.1, 0.15) is 11.3 Å². The summed E-state index contributed by atoms with van der Waals surface area (Å²) in [5.41, 5.74) is 3.50. The van der Waals surface area contributed by atoms with Crippen molar-refractivity contribution in [3.8, 4) is 0 Å². The van der Waals surface area contributed by atoms with Crippen LogP contribution >= 0.6 is 0 Å². The van der Waals surface area contributed by atoms with E-state index in [1.54, 1.807) is 25.7 Å². The number of halogens is 3. The minimum atomic E-state index is -4.47. The Kier molecular flexibility index (Phi) is 5.96. The topological polar surface area (TPSA) is 67.6 Å². The molecule has 1 saturated heterocycles. The molecule has 0 spiro atoms. The first kappa shape index (κ1) is 18.4. The van der Waals surface area contributed by atoms with Gasteiger partial charge in [-0.1, -0.05) is 0 Å². The Morgan fingerprint density at radius 2 is 1.86 bits per heavy atom. The number of amides is 1. The Labute approximate surface area is 128 Å². The zero-order valence-corrected chi connectivity index (χ0v) is 13.2. The summed E-state index contributed by atoms with van der Waals surface area (Å²) in [6.07, 6.45) is -3.05. The molecule has 0 aromatic carbocycles. The van der Waals surface area contributed by atoms with Gasteiger partial charge in [0.15, 0.2) is 0 Å². The molecule has 0 radical (unpaired) electrons. The molecule has 0 aliphatic carbocycles. The van der Waals surface area contributed by atoms with E-state index in [2.05, 4.69) is 5.32 Å². The number of hydrogen-bond acceptors (Lipinski definition) is 4. The van der Waals surface area contributed by atoms with Crippen molar-refractivity contribution >= 4 is 6.09 Å². The third-order valence-corrected chi connectivity index (χ3v) is 3.32. The smallest absolute Gasteiger partial charge is 0.432 e. The van der Waals surface area contributed by atoms with Crippen LogP contribution in [0.15, 0.2) is 11.9 Å². The number of nitrogens with zero attached hydrogens (tertiary/aromatic N) is 1. The van der Waals surface area contributed by atoms with Crippen LogP contribution in [0.25, 0.3) is 0 Å². The molecule has 0 aromatic rings. The lowest BCUT2D eigenvalue weighted by atomic mass is 9.97. The molecule has 3 N–H and O–H groups in total. The highest BCUT2D eigenvalue weighted by atomic mass is 19.4. The molecule has 0 saturated carbocycles. The van der Waals surface area contributed by atoms with E-state index in [1.165, 1.54) is 0 Å². The molecule has 1 rings (SSSR count). The molecule has 0 aromatic heterocycles. The van der Waals surface area contributed by atoms with Crippen LogP contribution in [0.5, 0.6) is 0 Å². The van der Waals surface area contributed by atoms with Crippen LogP contribution in [0.4, 0.5) is 18.0 Å². The summed E-state index contributed by atoms with van der Waals surface area (Å²) in [7, 11) is 0. The fourth-order valence-electron chi connectivity index (χ4n) is 2.15. The van der Waals surface area contributed by atoms with E-state index < -0.39 is 17.5 Å². The number of alkyl halides is 3. The molecule has 1 fully saturated rings. The number of carbonyl (C=O) groups excluding carboxylic acids is 1. The van der Waals surface area contributed by atoms with E-state index in [1.807, 2.05) is 0 Å². The highest BCUT2D eigenvalue weighted by Gasteiger charge is 2.34. The molecular weight excluding hydrogens is 299 g/mol. The molecule has 22 heavy (non-hydrogen) atoms. The zero-order chi connectivity index (χ0) is 17.0. The predicted molar refractivity (Wildman–Crippen MR) is 76.9 cm³/mol. The van der Waals surface area contributed by atoms with E-state index in [-0.39, 0.29) is 18.6 Å². The van der Waals surface area contributed by atoms with Crippen LogP contribution in [-0.2, 0) is 4.74 Å². The van der Waals surface area contributed by atoms with Gasteiger partial charge in [-0.05, 0) is 39.5 Å². The van der Waals surface area contributed by atoms with Gasteiger partial charge in [-0.25, -0.2) is 4.79 Å². The Bertz CT molecular complexity index is 409. The molecule has 128 valence electrons. The maximum absolute atomic E-state index is 12.5. The fourth-order valence-corrected chi connectivity index (χ4v) is 2.15. The lowest BCUT2D eigenvalue weighted by Gasteiger charge is -2.33. The van der Waals surface area contributed by atoms with Gasteiger partial charge >= 0.3 is 12.3 Å². The van der Waals surface area contributed by atoms with Crippen molar-refractivity contribution < 1.29 is 22.7 Å². The van der Waals surface area contributed by atoms with E-state index in [0.29, 0.717) is 32.1 Å². The summed E-state index contributed by atoms with van der Waals surface area (Å²) in [6.45, 7) is 6.52. The molecule has 0 atom stereocenters. The van der Waals surface area contributed by atoms with Crippen LogP contribution < -0.4 is 11.1 Å². The Balaban J connectivity index is 2.39. The highest BCUT2D eigenvalue weighted by Crippen LogP contribution is 2.24. The number of nitrogens with one attached hydrogen (secondary N) is 1. The Hall–Kier alpha value is -1.60. The lowest BCUT2D eigenvalue weighted by Crippen LogP contribution is -2.43. The summed E-state index contributed by atoms with van der Waals surface area (Å²) in [4.78, 5) is 13.5. The number of carbonyl (C=O) groups is 1. The maximum Gasteiger partial charge on any atom is 0.432 e. The third kappa shape index (κ3) is 6.03. The summed E-state index contributed by atoms with van der Waals surface area (Å²) < 4.78 is 42.8. The summed E-state index contributed by atoms with van der Waals surface area (Å²) in [6, 6.07) is 0. The first-order chi connectivity index (χ1) is 10.0. The minimum absolute atomic E-state index is 0.0657. The number of allylic oxidation sites excluding steroid dienone is 1. The maximum atomic E-state index is 12.5. The van der Waals surface area contributed by atoms with E-state index >= 15 is 0 Å². The fraction of sp³-hybridized carbons (Fsp3) is 0.786. The van der Waals surface area contributed by atoms with Gasteiger partial charge in [-0.2, -0.15) is 13.2 Å². The normalized spacial score (nSPS) is 18.3. The van der Waals surface area contributed by atoms with Gasteiger partial charge < -0.3 is 20.7 Å². The van der Waals surface area contributed by atoms with Crippen molar-refractivity contribution in [2.45, 2.75) is 45.4 Å². The van der Waals surface area contributed by atoms with E-state index in [4.69, 9.17) is 10.5 Å².